The van der Waals surface area contributed by atoms with Crippen LogP contribution in [0, 0.1) is 0 Å². The molecule has 1 N–H and O–H groups in total. The molecule has 86 valence electrons. The molecule has 0 aliphatic heterocycles. The van der Waals surface area contributed by atoms with Crippen molar-refractivity contribution in [1.29, 1.82) is 0 Å². The molecule has 17 heavy (non-hydrogen) atoms. The maximum absolute atomic E-state index is 11.5. The van der Waals surface area contributed by atoms with Gasteiger partial charge in [-0.1, -0.05) is 0 Å². The molecule has 0 saturated heterocycles. The third-order valence-corrected chi connectivity index (χ3v) is 2.69. The maximum Gasteiger partial charge on any atom is 0.269 e. The van der Waals surface area contributed by atoms with Gasteiger partial charge in [-0.3, -0.25) is 14.8 Å². The van der Waals surface area contributed by atoms with Crippen LogP contribution in [0.2, 0.25) is 0 Å². The van der Waals surface area contributed by atoms with Crippen LogP contribution in [0.4, 0.5) is 0 Å². The molecule has 2 rings (SSSR count). The first-order chi connectivity index (χ1) is 8.20. The van der Waals surface area contributed by atoms with Crippen LogP contribution >= 0.6 is 15.9 Å². The van der Waals surface area contributed by atoms with Crippen LogP contribution < -0.4 is 5.32 Å². The van der Waals surface area contributed by atoms with Gasteiger partial charge in [-0.2, -0.15) is 0 Å². The summed E-state index contributed by atoms with van der Waals surface area (Å²) < 4.78 is 0.897. The molecule has 0 aromatic carbocycles. The number of pyridine rings is 2. The van der Waals surface area contributed by atoms with Crippen LogP contribution in [-0.4, -0.2) is 22.9 Å². The van der Waals surface area contributed by atoms with Gasteiger partial charge in [0, 0.05) is 35.7 Å². The van der Waals surface area contributed by atoms with Crippen molar-refractivity contribution in [3.63, 3.8) is 0 Å². The zero-order valence-corrected chi connectivity index (χ0v) is 10.7. The number of nitrogens with one attached hydrogen (secondary N) is 1. The minimum absolute atomic E-state index is 0.199. The fraction of sp³-hybridized carbons (Fsp3) is 0.0833. The molecule has 0 radical (unpaired) electrons. The quantitative estimate of drug-likeness (QED) is 0.923. The van der Waals surface area contributed by atoms with Gasteiger partial charge in [0.15, 0.2) is 0 Å². The summed E-state index contributed by atoms with van der Waals surface area (Å²) in [6.07, 6.45) is 5.07. The van der Waals surface area contributed by atoms with E-state index in [9.17, 15) is 4.79 Å². The molecule has 2 aromatic heterocycles. The zero-order valence-electron chi connectivity index (χ0n) is 9.14. The summed E-state index contributed by atoms with van der Waals surface area (Å²) in [6.45, 7) is 0. The zero-order chi connectivity index (χ0) is 12.3. The number of nitrogens with zero attached hydrogens (tertiary/aromatic N) is 2. The third-order valence-electron chi connectivity index (χ3n) is 2.26. The Hall–Kier alpha value is -1.75. The predicted molar refractivity (Wildman–Crippen MR) is 68.6 cm³/mol. The minimum Gasteiger partial charge on any atom is -0.354 e. The van der Waals surface area contributed by atoms with Gasteiger partial charge < -0.3 is 5.32 Å². The lowest BCUT2D eigenvalue weighted by atomic mass is 10.1. The smallest absolute Gasteiger partial charge is 0.269 e. The number of hydrogen-bond donors (Lipinski definition) is 1. The van der Waals surface area contributed by atoms with Crippen molar-refractivity contribution < 1.29 is 4.79 Å². The summed E-state index contributed by atoms with van der Waals surface area (Å²) in [4.78, 5) is 19.6. The number of halogens is 1. The van der Waals surface area contributed by atoms with Gasteiger partial charge in [-0.15, -0.1) is 0 Å². The molecule has 4 nitrogen and oxygen atoms in total. The van der Waals surface area contributed by atoms with Gasteiger partial charge in [0.05, 0.1) is 0 Å². The number of rotatable bonds is 2. The molecule has 2 heterocycles. The molecule has 0 aliphatic carbocycles. The average molecular weight is 292 g/mol. The summed E-state index contributed by atoms with van der Waals surface area (Å²) in [5.74, 6) is -0.199. The number of amides is 1. The van der Waals surface area contributed by atoms with Crippen molar-refractivity contribution in [3.05, 3.63) is 47.0 Å². The molecule has 0 atom stereocenters. The highest BCUT2D eigenvalue weighted by Crippen LogP contribution is 2.21. The molecular formula is C12H10BrN3O. The van der Waals surface area contributed by atoms with Crippen LogP contribution in [0.15, 0.2) is 41.3 Å². The summed E-state index contributed by atoms with van der Waals surface area (Å²) in [7, 11) is 1.58. The van der Waals surface area contributed by atoms with Crippen molar-refractivity contribution in [1.82, 2.24) is 15.3 Å². The molecule has 5 heteroatoms. The topological polar surface area (TPSA) is 54.9 Å². The Balaban J connectivity index is 2.43. The van der Waals surface area contributed by atoms with E-state index in [0.29, 0.717) is 5.69 Å². The van der Waals surface area contributed by atoms with Gasteiger partial charge in [-0.05, 0) is 39.7 Å². The molecule has 0 spiro atoms. The van der Waals surface area contributed by atoms with Crippen LogP contribution in [-0.2, 0) is 0 Å². The second-order valence-electron chi connectivity index (χ2n) is 3.40. The Morgan fingerprint density at radius 2 is 2.12 bits per heavy atom. The van der Waals surface area contributed by atoms with E-state index in [1.165, 1.54) is 0 Å². The molecule has 0 aliphatic rings. The van der Waals surface area contributed by atoms with Crippen LogP contribution in [0.1, 0.15) is 10.5 Å². The normalized spacial score (nSPS) is 10.0. The van der Waals surface area contributed by atoms with E-state index in [-0.39, 0.29) is 5.91 Å². The lowest BCUT2D eigenvalue weighted by Gasteiger charge is -2.04. The largest absolute Gasteiger partial charge is 0.354 e. The van der Waals surface area contributed by atoms with E-state index in [1.807, 2.05) is 12.1 Å². The van der Waals surface area contributed by atoms with Gasteiger partial charge >= 0.3 is 0 Å². The van der Waals surface area contributed by atoms with Gasteiger partial charge in [-0.25, -0.2) is 0 Å². The first kappa shape index (κ1) is 11.7. The molecule has 0 unspecified atom stereocenters. The number of carbonyl (C=O) groups is 1. The highest BCUT2D eigenvalue weighted by molar-refractivity contribution is 9.10. The average Bonchev–Trinajstić information content (AvgIpc) is 2.38. The van der Waals surface area contributed by atoms with Crippen molar-refractivity contribution in [2.45, 2.75) is 0 Å². The SMILES string of the molecule is CNC(=O)c1cc(-c2cncc(Br)c2)ccn1. The Bertz CT molecular complexity index is 557. The number of hydrogen-bond acceptors (Lipinski definition) is 3. The number of carbonyl (C=O) groups excluding carboxylic acids is 1. The van der Waals surface area contributed by atoms with Crippen molar-refractivity contribution in [2.75, 3.05) is 7.05 Å². The lowest BCUT2D eigenvalue weighted by molar-refractivity contribution is 0.0958. The Kier molecular flexibility index (Phi) is 3.49. The Labute approximate surface area is 107 Å². The highest BCUT2D eigenvalue weighted by Gasteiger charge is 2.06. The van der Waals surface area contributed by atoms with E-state index in [0.717, 1.165) is 15.6 Å². The van der Waals surface area contributed by atoms with E-state index in [2.05, 4.69) is 31.2 Å². The van der Waals surface area contributed by atoms with E-state index >= 15 is 0 Å². The Morgan fingerprint density at radius 1 is 1.29 bits per heavy atom. The minimum atomic E-state index is -0.199. The summed E-state index contributed by atoms with van der Waals surface area (Å²) in [5, 5.41) is 2.54. The van der Waals surface area contributed by atoms with Gasteiger partial charge in [0.2, 0.25) is 0 Å². The summed E-state index contributed by atoms with van der Waals surface area (Å²) in [6, 6.07) is 5.52. The third kappa shape index (κ3) is 2.68. The van der Waals surface area contributed by atoms with Gasteiger partial charge in [0.25, 0.3) is 5.91 Å². The van der Waals surface area contributed by atoms with Gasteiger partial charge in [0.1, 0.15) is 5.69 Å². The Morgan fingerprint density at radius 3 is 2.82 bits per heavy atom. The summed E-state index contributed by atoms with van der Waals surface area (Å²) >= 11 is 3.36. The fourth-order valence-electron chi connectivity index (χ4n) is 1.43. The van der Waals surface area contributed by atoms with E-state index in [1.54, 1.807) is 31.7 Å². The molecule has 1 amide bonds. The molecule has 0 fully saturated rings. The van der Waals surface area contributed by atoms with Crippen LogP contribution in [0.25, 0.3) is 11.1 Å². The molecule has 0 bridgehead atoms. The number of aromatic nitrogens is 2. The monoisotopic (exact) mass is 291 g/mol. The standard InChI is InChI=1S/C12H10BrN3O/c1-14-12(17)11-5-8(2-3-16-11)9-4-10(13)7-15-6-9/h2-7H,1H3,(H,14,17). The molecular weight excluding hydrogens is 282 g/mol. The van der Waals surface area contributed by atoms with E-state index in [4.69, 9.17) is 0 Å². The first-order valence-corrected chi connectivity index (χ1v) is 5.79. The van der Waals surface area contributed by atoms with E-state index < -0.39 is 0 Å². The molecule has 0 saturated carbocycles. The second kappa shape index (κ2) is 5.05. The maximum atomic E-state index is 11.5. The predicted octanol–water partition coefficient (Wildman–Crippen LogP) is 2.27. The van der Waals surface area contributed by atoms with Crippen molar-refractivity contribution in [3.8, 4) is 11.1 Å². The molecule has 2 aromatic rings. The second-order valence-corrected chi connectivity index (χ2v) is 4.32. The highest BCUT2D eigenvalue weighted by atomic mass is 79.9. The fourth-order valence-corrected chi connectivity index (χ4v) is 1.80. The van der Waals surface area contributed by atoms with Crippen molar-refractivity contribution in [2.24, 2.45) is 0 Å². The lowest BCUT2D eigenvalue weighted by Crippen LogP contribution is -2.19. The van der Waals surface area contributed by atoms with Crippen LogP contribution in [0.3, 0.4) is 0 Å². The van der Waals surface area contributed by atoms with Crippen molar-refractivity contribution >= 4 is 21.8 Å². The summed E-state index contributed by atoms with van der Waals surface area (Å²) in [5.41, 5.74) is 2.24. The first-order valence-electron chi connectivity index (χ1n) is 5.00. The van der Waals surface area contributed by atoms with Crippen LogP contribution in [0.5, 0.6) is 0 Å².